The van der Waals surface area contributed by atoms with Gasteiger partial charge in [0.15, 0.2) is 0 Å². The molecule has 0 spiro atoms. The van der Waals surface area contributed by atoms with Crippen molar-refractivity contribution in [1.82, 2.24) is 10.3 Å². The Labute approximate surface area is 110 Å². The van der Waals surface area contributed by atoms with E-state index in [4.69, 9.17) is 4.74 Å². The molecule has 0 saturated heterocycles. The third-order valence-corrected chi connectivity index (χ3v) is 3.20. The molecule has 1 fully saturated rings. The quantitative estimate of drug-likeness (QED) is 0.682. The predicted molar refractivity (Wildman–Crippen MR) is 73.3 cm³/mol. The second-order valence-corrected chi connectivity index (χ2v) is 5.07. The average molecular weight is 248 g/mol. The van der Waals surface area contributed by atoms with E-state index < -0.39 is 0 Å². The standard InChI is InChI=1S/C15H24N2O/c1-2-3-4-9-18-12-15-6-5-13(11-17-15)10-16-14-7-8-14/h5-6,11,14,16H,2-4,7-10,12H2,1H3. The van der Waals surface area contributed by atoms with Crippen LogP contribution in [0.4, 0.5) is 0 Å². The maximum absolute atomic E-state index is 5.59. The van der Waals surface area contributed by atoms with Crippen LogP contribution in [0.3, 0.4) is 0 Å². The smallest absolute Gasteiger partial charge is 0.0887 e. The lowest BCUT2D eigenvalue weighted by atomic mass is 10.2. The molecular formula is C15H24N2O. The minimum Gasteiger partial charge on any atom is -0.375 e. The molecule has 0 bridgehead atoms. The summed E-state index contributed by atoms with van der Waals surface area (Å²) in [6, 6.07) is 4.98. The molecule has 3 heteroatoms. The topological polar surface area (TPSA) is 34.1 Å². The second kappa shape index (κ2) is 7.49. The second-order valence-electron chi connectivity index (χ2n) is 5.07. The zero-order chi connectivity index (χ0) is 12.6. The monoisotopic (exact) mass is 248 g/mol. The fourth-order valence-corrected chi connectivity index (χ4v) is 1.83. The first-order valence-corrected chi connectivity index (χ1v) is 7.13. The van der Waals surface area contributed by atoms with Gasteiger partial charge in [-0.1, -0.05) is 25.8 Å². The largest absolute Gasteiger partial charge is 0.375 e. The van der Waals surface area contributed by atoms with E-state index in [1.165, 1.54) is 31.2 Å². The van der Waals surface area contributed by atoms with Crippen LogP contribution in [0.5, 0.6) is 0 Å². The van der Waals surface area contributed by atoms with Gasteiger partial charge in [0.2, 0.25) is 0 Å². The SMILES string of the molecule is CCCCCOCc1ccc(CNC2CC2)cn1. The van der Waals surface area contributed by atoms with Gasteiger partial charge in [-0.05, 0) is 30.9 Å². The van der Waals surface area contributed by atoms with Gasteiger partial charge in [-0.2, -0.15) is 0 Å². The summed E-state index contributed by atoms with van der Waals surface area (Å²) in [6.45, 7) is 4.63. The number of ether oxygens (including phenoxy) is 1. The lowest BCUT2D eigenvalue weighted by Crippen LogP contribution is -2.15. The summed E-state index contributed by atoms with van der Waals surface area (Å²) in [5, 5.41) is 3.49. The number of hydrogen-bond donors (Lipinski definition) is 1. The normalized spacial score (nSPS) is 14.9. The number of hydrogen-bond acceptors (Lipinski definition) is 3. The molecule has 1 aromatic heterocycles. The summed E-state index contributed by atoms with van der Waals surface area (Å²) in [7, 11) is 0. The summed E-state index contributed by atoms with van der Waals surface area (Å²) in [4.78, 5) is 4.43. The summed E-state index contributed by atoms with van der Waals surface area (Å²) >= 11 is 0. The van der Waals surface area contributed by atoms with Crippen molar-refractivity contribution in [3.05, 3.63) is 29.6 Å². The Bertz CT molecular complexity index is 333. The molecule has 3 nitrogen and oxygen atoms in total. The Hall–Kier alpha value is -0.930. The van der Waals surface area contributed by atoms with Crippen molar-refractivity contribution in [1.29, 1.82) is 0 Å². The van der Waals surface area contributed by atoms with E-state index in [1.807, 2.05) is 6.20 Å². The van der Waals surface area contributed by atoms with Crippen LogP contribution in [0.15, 0.2) is 18.3 Å². The molecule has 1 heterocycles. The zero-order valence-corrected chi connectivity index (χ0v) is 11.3. The molecule has 1 N–H and O–H groups in total. The van der Waals surface area contributed by atoms with Crippen LogP contribution in [0.1, 0.15) is 50.3 Å². The Morgan fingerprint density at radius 2 is 2.22 bits per heavy atom. The summed E-state index contributed by atoms with van der Waals surface area (Å²) in [6.07, 6.45) is 8.26. The van der Waals surface area contributed by atoms with Gasteiger partial charge in [0.1, 0.15) is 0 Å². The van der Waals surface area contributed by atoms with Gasteiger partial charge in [-0.15, -0.1) is 0 Å². The van der Waals surface area contributed by atoms with Crippen LogP contribution < -0.4 is 5.32 Å². The van der Waals surface area contributed by atoms with Gasteiger partial charge in [0, 0.05) is 25.4 Å². The van der Waals surface area contributed by atoms with Crippen molar-refractivity contribution in [3.63, 3.8) is 0 Å². The average Bonchev–Trinajstić information content (AvgIpc) is 3.22. The highest BCUT2D eigenvalue weighted by atomic mass is 16.5. The Kier molecular flexibility index (Phi) is 5.62. The molecule has 0 unspecified atom stereocenters. The fourth-order valence-electron chi connectivity index (χ4n) is 1.83. The lowest BCUT2D eigenvalue weighted by molar-refractivity contribution is 0.114. The van der Waals surface area contributed by atoms with Crippen LogP contribution in [0.2, 0.25) is 0 Å². The molecule has 1 saturated carbocycles. The highest BCUT2D eigenvalue weighted by Gasteiger charge is 2.19. The highest BCUT2D eigenvalue weighted by molar-refractivity contribution is 5.13. The molecule has 2 rings (SSSR count). The third-order valence-electron chi connectivity index (χ3n) is 3.20. The summed E-state index contributed by atoms with van der Waals surface area (Å²) < 4.78 is 5.59. The minimum atomic E-state index is 0.639. The highest BCUT2D eigenvalue weighted by Crippen LogP contribution is 2.19. The maximum atomic E-state index is 5.59. The Balaban J connectivity index is 1.63. The molecule has 0 amide bonds. The number of unbranched alkanes of at least 4 members (excludes halogenated alkanes) is 2. The van der Waals surface area contributed by atoms with Gasteiger partial charge in [0.05, 0.1) is 12.3 Å². The van der Waals surface area contributed by atoms with Gasteiger partial charge in [-0.3, -0.25) is 4.98 Å². The first kappa shape index (κ1) is 13.5. The molecule has 1 aliphatic carbocycles. The number of nitrogens with one attached hydrogen (secondary N) is 1. The number of rotatable bonds is 9. The van der Waals surface area contributed by atoms with E-state index in [0.717, 1.165) is 31.3 Å². The van der Waals surface area contributed by atoms with Crippen molar-refractivity contribution < 1.29 is 4.74 Å². The summed E-state index contributed by atoms with van der Waals surface area (Å²) in [5.41, 5.74) is 2.29. The van der Waals surface area contributed by atoms with Gasteiger partial charge >= 0.3 is 0 Å². The van der Waals surface area contributed by atoms with Gasteiger partial charge in [-0.25, -0.2) is 0 Å². The molecule has 1 aromatic rings. The van der Waals surface area contributed by atoms with Crippen molar-refractivity contribution in [2.75, 3.05) is 6.61 Å². The lowest BCUT2D eigenvalue weighted by Gasteiger charge is -2.05. The molecule has 18 heavy (non-hydrogen) atoms. The van der Waals surface area contributed by atoms with Crippen LogP contribution >= 0.6 is 0 Å². The van der Waals surface area contributed by atoms with Crippen LogP contribution in [0.25, 0.3) is 0 Å². The minimum absolute atomic E-state index is 0.639. The van der Waals surface area contributed by atoms with Gasteiger partial charge in [0.25, 0.3) is 0 Å². The van der Waals surface area contributed by atoms with E-state index in [2.05, 4.69) is 29.4 Å². The van der Waals surface area contributed by atoms with Crippen LogP contribution in [-0.4, -0.2) is 17.6 Å². The van der Waals surface area contributed by atoms with Gasteiger partial charge < -0.3 is 10.1 Å². The number of pyridine rings is 1. The van der Waals surface area contributed by atoms with Crippen molar-refractivity contribution in [3.8, 4) is 0 Å². The zero-order valence-electron chi connectivity index (χ0n) is 11.3. The van der Waals surface area contributed by atoms with E-state index in [0.29, 0.717) is 6.61 Å². The summed E-state index contributed by atoms with van der Waals surface area (Å²) in [5.74, 6) is 0. The van der Waals surface area contributed by atoms with Crippen molar-refractivity contribution in [2.45, 2.75) is 58.2 Å². The molecule has 0 aromatic carbocycles. The molecule has 0 radical (unpaired) electrons. The van der Waals surface area contributed by atoms with Crippen LogP contribution in [-0.2, 0) is 17.9 Å². The van der Waals surface area contributed by atoms with E-state index in [9.17, 15) is 0 Å². The van der Waals surface area contributed by atoms with Crippen molar-refractivity contribution in [2.24, 2.45) is 0 Å². The fraction of sp³-hybridized carbons (Fsp3) is 0.667. The molecule has 0 atom stereocenters. The molecule has 100 valence electrons. The Morgan fingerprint density at radius 1 is 1.33 bits per heavy atom. The molecule has 0 aliphatic heterocycles. The Morgan fingerprint density at radius 3 is 2.89 bits per heavy atom. The van der Waals surface area contributed by atoms with E-state index in [-0.39, 0.29) is 0 Å². The van der Waals surface area contributed by atoms with Crippen molar-refractivity contribution >= 4 is 0 Å². The van der Waals surface area contributed by atoms with E-state index >= 15 is 0 Å². The van der Waals surface area contributed by atoms with E-state index in [1.54, 1.807) is 0 Å². The molecule has 1 aliphatic rings. The first-order chi connectivity index (χ1) is 8.88. The van der Waals surface area contributed by atoms with Crippen LogP contribution in [0, 0.1) is 0 Å². The number of nitrogens with zero attached hydrogens (tertiary/aromatic N) is 1. The molecular weight excluding hydrogens is 224 g/mol. The predicted octanol–water partition coefficient (Wildman–Crippen LogP) is 3.04. The number of aromatic nitrogens is 1. The maximum Gasteiger partial charge on any atom is 0.0887 e. The third kappa shape index (κ3) is 5.15. The first-order valence-electron chi connectivity index (χ1n) is 7.13.